The number of hydrogen-bond donors (Lipinski definition) is 1. The summed E-state index contributed by atoms with van der Waals surface area (Å²) in [6.07, 6.45) is 5.82. The largest absolute Gasteiger partial charge is 0.369 e. The highest BCUT2D eigenvalue weighted by atomic mass is 35.5. The van der Waals surface area contributed by atoms with Crippen molar-refractivity contribution >= 4 is 39.7 Å². The van der Waals surface area contributed by atoms with Gasteiger partial charge in [0.15, 0.2) is 5.13 Å². The van der Waals surface area contributed by atoms with E-state index in [0.717, 1.165) is 30.0 Å². The van der Waals surface area contributed by atoms with E-state index in [1.165, 1.54) is 12.1 Å². The van der Waals surface area contributed by atoms with Gasteiger partial charge in [-0.3, -0.25) is 10.1 Å². The number of thiazole rings is 1. The first-order valence-electron chi connectivity index (χ1n) is 10.6. The van der Waals surface area contributed by atoms with Crippen LogP contribution in [0.1, 0.15) is 28.5 Å². The second kappa shape index (κ2) is 9.71. The van der Waals surface area contributed by atoms with Crippen molar-refractivity contribution in [2.45, 2.75) is 12.3 Å². The highest BCUT2D eigenvalue weighted by molar-refractivity contribution is 7.14. The molecule has 2 heterocycles. The van der Waals surface area contributed by atoms with E-state index in [-0.39, 0.29) is 5.13 Å². The maximum atomic E-state index is 14.8. The Bertz CT molecular complexity index is 1230. The minimum Gasteiger partial charge on any atom is -0.369 e. The van der Waals surface area contributed by atoms with Crippen LogP contribution in [0, 0.1) is 24.0 Å². The summed E-state index contributed by atoms with van der Waals surface area (Å²) in [4.78, 5) is 21.2. The van der Waals surface area contributed by atoms with Gasteiger partial charge in [0.05, 0.1) is 11.1 Å². The molecule has 0 saturated carbocycles. The fourth-order valence-electron chi connectivity index (χ4n) is 3.83. The number of amides is 1. The Morgan fingerprint density at radius 1 is 1.18 bits per heavy atom. The van der Waals surface area contributed by atoms with Crippen molar-refractivity contribution < 1.29 is 13.6 Å². The normalized spacial score (nSPS) is 16.1. The first-order valence-corrected chi connectivity index (χ1v) is 11.9. The summed E-state index contributed by atoms with van der Waals surface area (Å²) in [5.41, 5.74) is 0.240. The van der Waals surface area contributed by atoms with Gasteiger partial charge in [0.25, 0.3) is 5.91 Å². The predicted molar refractivity (Wildman–Crippen MR) is 133 cm³/mol. The second-order valence-electron chi connectivity index (χ2n) is 8.34. The Balaban J connectivity index is 1.54. The average Bonchev–Trinajstić information content (AvgIpc) is 3.28. The van der Waals surface area contributed by atoms with Crippen LogP contribution < -0.4 is 10.2 Å². The van der Waals surface area contributed by atoms with Crippen molar-refractivity contribution in [2.24, 2.45) is 0 Å². The molecule has 0 radical (unpaired) electrons. The molecule has 1 aliphatic rings. The predicted octanol–water partition coefficient (Wildman–Crippen LogP) is 5.02. The maximum absolute atomic E-state index is 14.8. The summed E-state index contributed by atoms with van der Waals surface area (Å²) >= 11 is 7.11. The number of nitrogens with one attached hydrogen (secondary N) is 1. The number of aromatic nitrogens is 1. The molecule has 1 saturated heterocycles. The van der Waals surface area contributed by atoms with Gasteiger partial charge < -0.3 is 9.80 Å². The van der Waals surface area contributed by atoms with Crippen molar-refractivity contribution in [2.75, 3.05) is 43.4 Å². The molecule has 5 nitrogen and oxygen atoms in total. The molecule has 34 heavy (non-hydrogen) atoms. The van der Waals surface area contributed by atoms with E-state index in [4.69, 9.17) is 18.0 Å². The van der Waals surface area contributed by atoms with Crippen molar-refractivity contribution in [3.63, 3.8) is 0 Å². The van der Waals surface area contributed by atoms with E-state index in [0.29, 0.717) is 29.5 Å². The zero-order valence-corrected chi connectivity index (χ0v) is 20.3. The zero-order chi connectivity index (χ0) is 24.5. The molecule has 1 fully saturated rings. The Kier molecular flexibility index (Phi) is 6.89. The topological polar surface area (TPSA) is 48.5 Å². The number of benzene rings is 2. The Labute approximate surface area is 206 Å². The third kappa shape index (κ3) is 4.78. The third-order valence-electron chi connectivity index (χ3n) is 6.07. The highest BCUT2D eigenvalue weighted by Crippen LogP contribution is 2.34. The van der Waals surface area contributed by atoms with Crippen LogP contribution in [-0.2, 0) is 5.41 Å². The van der Waals surface area contributed by atoms with Gasteiger partial charge in [-0.25, -0.2) is 13.8 Å². The van der Waals surface area contributed by atoms with E-state index in [1.807, 2.05) is 31.0 Å². The van der Waals surface area contributed by atoms with E-state index in [2.05, 4.69) is 21.1 Å². The molecule has 1 atom stereocenters. The lowest BCUT2D eigenvalue weighted by Gasteiger charge is -2.34. The third-order valence-corrected chi connectivity index (χ3v) is 7.08. The van der Waals surface area contributed by atoms with Gasteiger partial charge in [0, 0.05) is 42.3 Å². The summed E-state index contributed by atoms with van der Waals surface area (Å²) in [5.74, 6) is 0.00287. The van der Waals surface area contributed by atoms with Crippen LogP contribution in [0.5, 0.6) is 0 Å². The molecule has 0 aliphatic carbocycles. The maximum Gasteiger partial charge on any atom is 0.263 e. The molecule has 4 rings (SSSR count). The minimum atomic E-state index is -0.919. The lowest BCUT2D eigenvalue weighted by Crippen LogP contribution is -2.44. The standard InChI is InChI=1S/C25H23ClF2N4OS/c1-4-25(2,16-5-7-17(26)8-6-16)21-15-34-24(29-21)30-23(33)22-19(27)13-18(14-20(22)28)32-11-9-31(3)10-12-32/h1,5-8,13-15H,9-12H2,2-3H3,(H,29,30,33). The highest BCUT2D eigenvalue weighted by Gasteiger charge is 2.30. The molecule has 9 heteroatoms. The van der Waals surface area contributed by atoms with Crippen molar-refractivity contribution in [1.82, 2.24) is 9.88 Å². The smallest absolute Gasteiger partial charge is 0.263 e. The minimum absolute atomic E-state index is 0.192. The van der Waals surface area contributed by atoms with Crippen LogP contribution in [0.25, 0.3) is 0 Å². The van der Waals surface area contributed by atoms with Crippen LogP contribution in [0.2, 0.25) is 5.02 Å². The van der Waals surface area contributed by atoms with Gasteiger partial charge >= 0.3 is 0 Å². The van der Waals surface area contributed by atoms with Crippen molar-refractivity contribution in [3.8, 4) is 12.3 Å². The van der Waals surface area contributed by atoms with Gasteiger partial charge in [-0.2, -0.15) is 0 Å². The van der Waals surface area contributed by atoms with E-state index in [1.54, 1.807) is 17.5 Å². The number of terminal acetylenes is 1. The molecule has 2 aromatic carbocycles. The molecule has 0 spiro atoms. The number of piperazine rings is 1. The monoisotopic (exact) mass is 500 g/mol. The number of rotatable bonds is 5. The summed E-state index contributed by atoms with van der Waals surface area (Å²) in [6, 6.07) is 9.50. The number of hydrogen-bond acceptors (Lipinski definition) is 5. The van der Waals surface area contributed by atoms with E-state index in [9.17, 15) is 13.6 Å². The van der Waals surface area contributed by atoms with Crippen LogP contribution in [-0.4, -0.2) is 49.0 Å². The number of likely N-dealkylation sites (N-methyl/N-ethyl adjacent to an activating group) is 1. The second-order valence-corrected chi connectivity index (χ2v) is 9.64. The number of nitrogens with zero attached hydrogens (tertiary/aromatic N) is 3. The van der Waals surface area contributed by atoms with Crippen molar-refractivity contribution in [1.29, 1.82) is 0 Å². The van der Waals surface area contributed by atoms with E-state index < -0.39 is 28.5 Å². The molecule has 0 bridgehead atoms. The SMILES string of the molecule is C#CC(C)(c1ccc(Cl)cc1)c1csc(NC(=O)c2c(F)cc(N3CCN(C)CC3)cc2F)n1. The first-order chi connectivity index (χ1) is 16.2. The van der Waals surface area contributed by atoms with Crippen LogP contribution in [0.15, 0.2) is 41.8 Å². The number of anilines is 2. The molecule has 1 aromatic heterocycles. The van der Waals surface area contributed by atoms with E-state index >= 15 is 0 Å². The van der Waals surface area contributed by atoms with Gasteiger partial charge in [0.2, 0.25) is 0 Å². The molecule has 3 aromatic rings. The quantitative estimate of drug-likeness (QED) is 0.500. The molecular weight excluding hydrogens is 478 g/mol. The molecule has 1 unspecified atom stereocenters. The Morgan fingerprint density at radius 2 is 1.79 bits per heavy atom. The fourth-order valence-corrected chi connectivity index (χ4v) is 4.77. The zero-order valence-electron chi connectivity index (χ0n) is 18.7. The van der Waals surface area contributed by atoms with Gasteiger partial charge in [0.1, 0.15) is 17.2 Å². The Morgan fingerprint density at radius 3 is 2.38 bits per heavy atom. The number of carbonyl (C=O) groups is 1. The van der Waals surface area contributed by atoms with Crippen molar-refractivity contribution in [3.05, 3.63) is 75.3 Å². The van der Waals surface area contributed by atoms with Gasteiger partial charge in [-0.15, -0.1) is 17.8 Å². The summed E-state index contributed by atoms with van der Waals surface area (Å²) in [5, 5.41) is 4.99. The lowest BCUT2D eigenvalue weighted by molar-refractivity contribution is 0.101. The number of halogens is 3. The summed E-state index contributed by atoms with van der Waals surface area (Å²) in [6.45, 7) is 4.73. The molecule has 1 amide bonds. The van der Waals surface area contributed by atoms with Crippen LogP contribution in [0.4, 0.5) is 19.6 Å². The molecule has 176 valence electrons. The lowest BCUT2D eigenvalue weighted by atomic mass is 9.81. The summed E-state index contributed by atoms with van der Waals surface area (Å²) in [7, 11) is 2.00. The average molecular weight is 501 g/mol. The van der Waals surface area contributed by atoms with Gasteiger partial charge in [-0.05, 0) is 43.8 Å². The fraction of sp³-hybridized carbons (Fsp3) is 0.280. The molecule has 1 N–H and O–H groups in total. The Hall–Kier alpha value is -2.99. The molecular formula is C25H23ClF2N4OS. The number of carbonyl (C=O) groups excluding carboxylic acids is 1. The van der Waals surface area contributed by atoms with Crippen LogP contribution in [0.3, 0.4) is 0 Å². The molecule has 1 aliphatic heterocycles. The first kappa shape index (κ1) is 24.1. The van der Waals surface area contributed by atoms with Gasteiger partial charge in [-0.1, -0.05) is 29.7 Å². The summed E-state index contributed by atoms with van der Waals surface area (Å²) < 4.78 is 29.6. The van der Waals surface area contributed by atoms with Crippen LogP contribution >= 0.6 is 22.9 Å².